The molecule has 0 N–H and O–H groups in total. The summed E-state index contributed by atoms with van der Waals surface area (Å²) in [4.78, 5) is 23.9. The average Bonchev–Trinajstić information content (AvgIpc) is 2.96. The lowest BCUT2D eigenvalue weighted by Gasteiger charge is -2.23. The molecule has 5 rings (SSSR count). The predicted molar refractivity (Wildman–Crippen MR) is 145 cm³/mol. The van der Waals surface area contributed by atoms with Gasteiger partial charge < -0.3 is 14.4 Å². The molecule has 0 aliphatic heterocycles. The molecule has 0 saturated heterocycles. The lowest BCUT2D eigenvalue weighted by Crippen LogP contribution is -2.32. The zero-order valence-corrected chi connectivity index (χ0v) is 21.2. The van der Waals surface area contributed by atoms with Crippen LogP contribution < -0.4 is 14.4 Å². The summed E-state index contributed by atoms with van der Waals surface area (Å²) in [5, 5.41) is 1.06. The second kappa shape index (κ2) is 11.7. The molecule has 39 heavy (non-hydrogen) atoms. The zero-order chi connectivity index (χ0) is 27.2. The molecule has 6 nitrogen and oxygen atoms in total. The first-order valence-electron chi connectivity index (χ1n) is 12.3. The average molecular weight is 526 g/mol. The van der Waals surface area contributed by atoms with Gasteiger partial charge in [-0.3, -0.25) is 4.79 Å². The van der Waals surface area contributed by atoms with E-state index in [0.29, 0.717) is 23.0 Å². The first-order valence-corrected chi connectivity index (χ1v) is 12.3. The Labute approximate surface area is 224 Å². The minimum absolute atomic E-state index is 0.104. The van der Waals surface area contributed by atoms with Gasteiger partial charge in [-0.15, -0.1) is 0 Å². The van der Waals surface area contributed by atoms with Crippen molar-refractivity contribution in [2.75, 3.05) is 12.0 Å². The molecule has 196 valence electrons. The fourth-order valence-corrected chi connectivity index (χ4v) is 4.14. The molecule has 1 amide bonds. The van der Waals surface area contributed by atoms with Gasteiger partial charge in [0.1, 0.15) is 24.0 Å². The van der Waals surface area contributed by atoms with Crippen molar-refractivity contribution < 1.29 is 23.0 Å². The van der Waals surface area contributed by atoms with Crippen LogP contribution in [0.25, 0.3) is 10.9 Å². The second-order valence-electron chi connectivity index (χ2n) is 8.84. The van der Waals surface area contributed by atoms with Crippen molar-refractivity contribution in [3.05, 3.63) is 126 Å². The number of halogens is 2. The Morgan fingerprint density at radius 3 is 2.46 bits per heavy atom. The van der Waals surface area contributed by atoms with Crippen LogP contribution in [-0.2, 0) is 24.4 Å². The Kier molecular flexibility index (Phi) is 7.73. The maximum atomic E-state index is 14.3. The van der Waals surface area contributed by atoms with Crippen molar-refractivity contribution in [3.63, 3.8) is 0 Å². The van der Waals surface area contributed by atoms with Gasteiger partial charge in [0.25, 0.3) is 0 Å². The highest BCUT2D eigenvalue weighted by atomic mass is 19.1. The number of anilines is 1. The van der Waals surface area contributed by atoms with Crippen LogP contribution in [-0.4, -0.2) is 23.0 Å². The predicted octanol–water partition coefficient (Wildman–Crippen LogP) is 6.27. The number of pyridine rings is 2. The Bertz CT molecular complexity index is 1610. The van der Waals surface area contributed by atoms with Crippen molar-refractivity contribution in [2.45, 2.75) is 19.6 Å². The summed E-state index contributed by atoms with van der Waals surface area (Å²) in [5.41, 5.74) is 2.95. The molecule has 8 heteroatoms. The number of carbonyl (C=O) groups is 1. The molecular weight excluding hydrogens is 500 g/mol. The number of aromatic nitrogens is 2. The van der Waals surface area contributed by atoms with Gasteiger partial charge in [0.2, 0.25) is 11.8 Å². The lowest BCUT2D eigenvalue weighted by molar-refractivity contribution is -0.118. The number of ether oxygens (including phenoxy) is 2. The third-order valence-corrected chi connectivity index (χ3v) is 6.16. The Morgan fingerprint density at radius 2 is 1.67 bits per heavy atom. The van der Waals surface area contributed by atoms with E-state index in [-0.39, 0.29) is 31.0 Å². The van der Waals surface area contributed by atoms with E-state index in [1.807, 2.05) is 36.4 Å². The smallest absolute Gasteiger partial charge is 0.231 e. The lowest BCUT2D eigenvalue weighted by atomic mass is 10.1. The van der Waals surface area contributed by atoms with Gasteiger partial charge in [-0.1, -0.05) is 36.4 Å². The van der Waals surface area contributed by atoms with Gasteiger partial charge in [-0.25, -0.2) is 18.7 Å². The highest BCUT2D eigenvalue weighted by Gasteiger charge is 2.20. The van der Waals surface area contributed by atoms with Gasteiger partial charge in [0.15, 0.2) is 0 Å². The van der Waals surface area contributed by atoms with Crippen LogP contribution >= 0.6 is 0 Å². The molecule has 0 radical (unpaired) electrons. The molecule has 0 aliphatic rings. The third-order valence-electron chi connectivity index (χ3n) is 6.16. The minimum Gasteiger partial charge on any atom is -0.487 e. The number of benzene rings is 3. The molecule has 0 saturated carbocycles. The van der Waals surface area contributed by atoms with Crippen LogP contribution in [0.5, 0.6) is 11.6 Å². The topological polar surface area (TPSA) is 64.5 Å². The number of amides is 1. The summed E-state index contributed by atoms with van der Waals surface area (Å²) in [5.74, 6) is -0.829. The largest absolute Gasteiger partial charge is 0.487 e. The van der Waals surface area contributed by atoms with E-state index < -0.39 is 11.6 Å². The molecule has 3 aromatic carbocycles. The monoisotopic (exact) mass is 525 g/mol. The minimum atomic E-state index is -0.770. The Morgan fingerprint density at radius 1 is 0.846 bits per heavy atom. The summed E-state index contributed by atoms with van der Waals surface area (Å²) >= 11 is 0. The summed E-state index contributed by atoms with van der Waals surface area (Å²) < 4.78 is 38.8. The highest BCUT2D eigenvalue weighted by Crippen LogP contribution is 2.24. The molecule has 0 bridgehead atoms. The number of fused-ring (bicyclic) bond motifs is 1. The Balaban J connectivity index is 1.35. The summed E-state index contributed by atoms with van der Waals surface area (Å²) in [7, 11) is 1.51. The van der Waals surface area contributed by atoms with E-state index in [1.54, 1.807) is 42.5 Å². The number of para-hydroxylation sites is 1. The third kappa shape index (κ3) is 6.35. The van der Waals surface area contributed by atoms with Crippen molar-refractivity contribution in [3.8, 4) is 11.6 Å². The fraction of sp³-hybridized carbons (Fsp3) is 0.129. The molecule has 2 aromatic heterocycles. The van der Waals surface area contributed by atoms with Crippen LogP contribution in [0.2, 0.25) is 0 Å². The van der Waals surface area contributed by atoms with Gasteiger partial charge >= 0.3 is 0 Å². The van der Waals surface area contributed by atoms with Gasteiger partial charge in [-0.2, -0.15) is 0 Å². The first kappa shape index (κ1) is 25.8. The summed E-state index contributed by atoms with van der Waals surface area (Å²) in [6.45, 7) is 0.407. The molecule has 5 aromatic rings. The molecule has 0 fully saturated rings. The van der Waals surface area contributed by atoms with E-state index in [9.17, 15) is 13.6 Å². The van der Waals surface area contributed by atoms with Crippen LogP contribution in [0.1, 0.15) is 17.0 Å². The number of hydrogen-bond acceptors (Lipinski definition) is 5. The number of rotatable bonds is 9. The van der Waals surface area contributed by atoms with Crippen LogP contribution in [0.3, 0.4) is 0 Å². The van der Waals surface area contributed by atoms with Crippen LogP contribution in [0.15, 0.2) is 97.1 Å². The zero-order valence-electron chi connectivity index (χ0n) is 21.2. The number of hydrogen-bond donors (Lipinski definition) is 0. The maximum absolute atomic E-state index is 14.3. The van der Waals surface area contributed by atoms with E-state index in [0.717, 1.165) is 28.7 Å². The molecule has 0 atom stereocenters. The number of methoxy groups -OCH3 is 1. The molecule has 2 heterocycles. The SMILES string of the molecule is COc1cccc(CN(C(=O)Cc2ccc(F)cc2F)c2ccc(OCc3ccc4ccccc4n3)cc2)n1. The van der Waals surface area contributed by atoms with Crippen LogP contribution in [0.4, 0.5) is 14.5 Å². The van der Waals surface area contributed by atoms with Crippen molar-refractivity contribution >= 4 is 22.5 Å². The molecule has 0 spiro atoms. The second-order valence-corrected chi connectivity index (χ2v) is 8.84. The van der Waals surface area contributed by atoms with Crippen molar-refractivity contribution in [1.82, 2.24) is 9.97 Å². The standard InChI is InChI=1S/C31H25F2N3O3/c1-38-30-8-4-6-24(35-30)19-36(31(37)17-22-9-11-23(32)18-28(22)33)26-13-15-27(16-14-26)39-20-25-12-10-21-5-2-3-7-29(21)34-25/h2-16,18H,17,19-20H2,1H3. The Hall–Kier alpha value is -4.85. The quantitative estimate of drug-likeness (QED) is 0.227. The van der Waals surface area contributed by atoms with E-state index in [1.165, 1.54) is 18.1 Å². The normalized spacial score (nSPS) is 10.8. The highest BCUT2D eigenvalue weighted by molar-refractivity contribution is 5.94. The van der Waals surface area contributed by atoms with Crippen molar-refractivity contribution in [1.29, 1.82) is 0 Å². The first-order chi connectivity index (χ1) is 19.0. The summed E-state index contributed by atoms with van der Waals surface area (Å²) in [6.07, 6.45) is -0.248. The molecule has 0 aliphatic carbocycles. The summed E-state index contributed by atoms with van der Waals surface area (Å²) in [6, 6.07) is 27.3. The van der Waals surface area contributed by atoms with E-state index in [4.69, 9.17) is 9.47 Å². The van der Waals surface area contributed by atoms with E-state index >= 15 is 0 Å². The fourth-order valence-electron chi connectivity index (χ4n) is 4.14. The molecule has 0 unspecified atom stereocenters. The molecular formula is C31H25F2N3O3. The van der Waals surface area contributed by atoms with Crippen molar-refractivity contribution in [2.24, 2.45) is 0 Å². The number of nitrogens with zero attached hydrogens (tertiary/aromatic N) is 3. The van der Waals surface area contributed by atoms with Gasteiger partial charge in [-0.05, 0) is 54.1 Å². The van der Waals surface area contributed by atoms with Crippen LogP contribution in [0, 0.1) is 11.6 Å². The van der Waals surface area contributed by atoms with E-state index in [2.05, 4.69) is 9.97 Å². The maximum Gasteiger partial charge on any atom is 0.231 e. The number of carbonyl (C=O) groups excluding carboxylic acids is 1. The van der Waals surface area contributed by atoms with Gasteiger partial charge in [0, 0.05) is 23.2 Å². The van der Waals surface area contributed by atoms with Gasteiger partial charge in [0.05, 0.1) is 37.0 Å².